The average Bonchev–Trinajstić information content (AvgIpc) is 2.73. The van der Waals surface area contributed by atoms with Crippen LogP contribution in [0.15, 0.2) is 42.5 Å². The van der Waals surface area contributed by atoms with Gasteiger partial charge in [-0.15, -0.1) is 8.46 Å². The topological polar surface area (TPSA) is 12.0 Å². The van der Waals surface area contributed by atoms with Gasteiger partial charge in [0, 0.05) is 5.54 Å². The molecule has 0 spiro atoms. The molecule has 2 aromatic carbocycles. The summed E-state index contributed by atoms with van der Waals surface area (Å²) in [7, 11) is 0.861. The molecule has 1 aliphatic rings. The Kier molecular flexibility index (Phi) is 4.62. The highest BCUT2D eigenvalue weighted by Gasteiger charge is 2.47. The number of halogens is 1. The van der Waals surface area contributed by atoms with E-state index in [4.69, 9.17) is 0 Å². The Hall–Kier alpha value is -1.18. The Morgan fingerprint density at radius 1 is 1.04 bits per heavy atom. The molecule has 2 aromatic rings. The lowest BCUT2D eigenvalue weighted by atomic mass is 9.76. The van der Waals surface area contributed by atoms with Crippen LogP contribution < -0.4 is 10.7 Å². The van der Waals surface area contributed by atoms with E-state index in [9.17, 15) is 4.39 Å². The molecule has 1 heterocycles. The second-order valence-corrected chi connectivity index (χ2v) is 10.0. The smallest absolute Gasteiger partial charge is 0.282 e. The molecule has 0 aromatic heterocycles. The molecule has 24 heavy (non-hydrogen) atoms. The zero-order valence-electron chi connectivity index (χ0n) is 15.2. The standard InChI is InChI=1S/C20H26BFNP/c1-14-16(7-6-8-18(14)22)13-15-9-11-17(12-10-15)21-23-19(2,3)20(4,5)24-21/h6-12,23-24H,13H2,1-5H3. The predicted molar refractivity (Wildman–Crippen MR) is 105 cm³/mol. The highest BCUT2D eigenvalue weighted by molar-refractivity contribution is 7.80. The number of benzene rings is 2. The fraction of sp³-hybridized carbons (Fsp3) is 0.400. The lowest BCUT2D eigenvalue weighted by molar-refractivity contribution is 0.385. The van der Waals surface area contributed by atoms with Gasteiger partial charge in [0.25, 0.3) is 6.57 Å². The molecule has 0 bridgehead atoms. The van der Waals surface area contributed by atoms with Crippen molar-refractivity contribution in [2.24, 2.45) is 0 Å². The lowest BCUT2D eigenvalue weighted by Crippen LogP contribution is -2.51. The molecule has 1 saturated heterocycles. The SMILES string of the molecule is Cc1c(F)cccc1Cc1ccc(B2NC(C)(C)C(C)(C)P2)cc1. The summed E-state index contributed by atoms with van der Waals surface area (Å²) in [5, 5.41) is 4.09. The molecule has 0 aliphatic carbocycles. The first kappa shape index (κ1) is 17.6. The van der Waals surface area contributed by atoms with Gasteiger partial charge in [-0.25, -0.2) is 4.39 Å². The molecular formula is C20H26BFNP. The van der Waals surface area contributed by atoms with Gasteiger partial charge in [-0.2, -0.15) is 0 Å². The van der Waals surface area contributed by atoms with E-state index in [1.54, 1.807) is 6.07 Å². The normalized spacial score (nSPS) is 19.8. The molecule has 1 nitrogen and oxygen atoms in total. The van der Waals surface area contributed by atoms with Crippen LogP contribution in [0.1, 0.15) is 44.4 Å². The van der Waals surface area contributed by atoms with E-state index in [2.05, 4.69) is 57.2 Å². The molecule has 1 unspecified atom stereocenters. The van der Waals surface area contributed by atoms with Crippen molar-refractivity contribution in [1.29, 1.82) is 0 Å². The van der Waals surface area contributed by atoms with Crippen LogP contribution in [0.3, 0.4) is 0 Å². The molecule has 1 fully saturated rings. The van der Waals surface area contributed by atoms with Crippen molar-refractivity contribution in [3.8, 4) is 0 Å². The fourth-order valence-corrected chi connectivity index (χ4v) is 5.12. The Bertz CT molecular complexity index is 724. The second kappa shape index (κ2) is 6.28. The molecular weight excluding hydrogens is 315 g/mol. The van der Waals surface area contributed by atoms with Crippen LogP contribution in [0.4, 0.5) is 4.39 Å². The third kappa shape index (κ3) is 3.30. The molecule has 1 N–H and O–H groups in total. The van der Waals surface area contributed by atoms with Crippen LogP contribution >= 0.6 is 8.46 Å². The highest BCUT2D eigenvalue weighted by Crippen LogP contribution is 2.47. The molecule has 126 valence electrons. The van der Waals surface area contributed by atoms with Crippen LogP contribution in [0, 0.1) is 12.7 Å². The van der Waals surface area contributed by atoms with E-state index < -0.39 is 0 Å². The Labute approximate surface area is 147 Å². The number of nitrogens with one attached hydrogen (secondary N) is 1. The molecule has 1 atom stereocenters. The molecule has 0 radical (unpaired) electrons. The molecule has 4 heteroatoms. The van der Waals surface area contributed by atoms with Gasteiger partial charge in [0.15, 0.2) is 0 Å². The maximum Gasteiger partial charge on any atom is 0.282 e. The van der Waals surface area contributed by atoms with Gasteiger partial charge in [0.05, 0.1) is 0 Å². The van der Waals surface area contributed by atoms with Crippen molar-refractivity contribution in [1.82, 2.24) is 5.23 Å². The predicted octanol–water partition coefficient (Wildman–Crippen LogP) is 4.26. The summed E-state index contributed by atoms with van der Waals surface area (Å²) in [4.78, 5) is 0. The van der Waals surface area contributed by atoms with E-state index in [-0.39, 0.29) is 11.4 Å². The summed E-state index contributed by atoms with van der Waals surface area (Å²) in [5.74, 6) is -0.120. The maximum atomic E-state index is 13.7. The van der Waals surface area contributed by atoms with Gasteiger partial charge in [-0.1, -0.05) is 55.7 Å². The highest BCUT2D eigenvalue weighted by atomic mass is 31.1. The minimum atomic E-state index is -0.120. The van der Waals surface area contributed by atoms with E-state index in [0.717, 1.165) is 26.0 Å². The summed E-state index contributed by atoms with van der Waals surface area (Å²) < 4.78 is 13.7. The van der Waals surface area contributed by atoms with Crippen LogP contribution in [0.5, 0.6) is 0 Å². The number of hydrogen-bond acceptors (Lipinski definition) is 1. The van der Waals surface area contributed by atoms with Crippen molar-refractivity contribution in [2.45, 2.75) is 51.7 Å². The van der Waals surface area contributed by atoms with E-state index in [1.165, 1.54) is 17.1 Å². The first-order chi connectivity index (χ1) is 11.2. The molecule has 0 amide bonds. The van der Waals surface area contributed by atoms with E-state index in [0.29, 0.717) is 11.7 Å². The Morgan fingerprint density at radius 2 is 1.71 bits per heavy atom. The summed E-state index contributed by atoms with van der Waals surface area (Å²) in [6, 6.07) is 14.2. The number of rotatable bonds is 3. The minimum Gasteiger partial charge on any atom is -0.343 e. The summed E-state index contributed by atoms with van der Waals surface area (Å²) >= 11 is 0. The van der Waals surface area contributed by atoms with Crippen molar-refractivity contribution >= 4 is 20.5 Å². The number of hydrogen-bond donors (Lipinski definition) is 1. The zero-order chi connectivity index (χ0) is 17.5. The van der Waals surface area contributed by atoms with Crippen molar-refractivity contribution in [3.05, 3.63) is 65.0 Å². The van der Waals surface area contributed by atoms with Crippen LogP contribution in [0.25, 0.3) is 0 Å². The Balaban J connectivity index is 1.76. The van der Waals surface area contributed by atoms with Crippen molar-refractivity contribution < 1.29 is 4.39 Å². The fourth-order valence-electron chi connectivity index (χ4n) is 3.18. The van der Waals surface area contributed by atoms with Crippen LogP contribution in [-0.2, 0) is 6.42 Å². The maximum absolute atomic E-state index is 13.7. The first-order valence-electron chi connectivity index (χ1n) is 8.58. The lowest BCUT2D eigenvalue weighted by Gasteiger charge is -2.34. The van der Waals surface area contributed by atoms with Gasteiger partial charge in [0.1, 0.15) is 5.82 Å². The van der Waals surface area contributed by atoms with E-state index >= 15 is 0 Å². The zero-order valence-corrected chi connectivity index (χ0v) is 16.2. The molecule has 1 aliphatic heterocycles. The van der Waals surface area contributed by atoms with Gasteiger partial charge < -0.3 is 5.23 Å². The third-order valence-corrected chi connectivity index (χ3v) is 7.77. The first-order valence-corrected chi connectivity index (χ1v) is 9.65. The van der Waals surface area contributed by atoms with Crippen LogP contribution in [-0.4, -0.2) is 17.3 Å². The quantitative estimate of drug-likeness (QED) is 0.650. The van der Waals surface area contributed by atoms with Gasteiger partial charge in [-0.3, -0.25) is 0 Å². The summed E-state index contributed by atoms with van der Waals surface area (Å²) in [5.41, 5.74) is 4.54. The van der Waals surface area contributed by atoms with Gasteiger partial charge in [-0.05, 0) is 55.1 Å². The third-order valence-electron chi connectivity index (χ3n) is 5.66. The summed E-state index contributed by atoms with van der Waals surface area (Å²) in [6.07, 6.45) is 0.779. The second-order valence-electron chi connectivity index (χ2n) is 7.91. The van der Waals surface area contributed by atoms with Gasteiger partial charge >= 0.3 is 0 Å². The summed E-state index contributed by atoms with van der Waals surface area (Å²) in [6.45, 7) is 11.6. The monoisotopic (exact) mass is 341 g/mol. The molecule has 0 saturated carbocycles. The molecule has 3 rings (SSSR count). The minimum absolute atomic E-state index is 0.120. The Morgan fingerprint density at radius 3 is 2.29 bits per heavy atom. The van der Waals surface area contributed by atoms with E-state index in [1.807, 2.05) is 13.0 Å². The average molecular weight is 341 g/mol. The van der Waals surface area contributed by atoms with Crippen molar-refractivity contribution in [2.75, 3.05) is 0 Å². The largest absolute Gasteiger partial charge is 0.343 e. The van der Waals surface area contributed by atoms with Gasteiger partial charge in [0.2, 0.25) is 0 Å². The van der Waals surface area contributed by atoms with Crippen molar-refractivity contribution in [3.63, 3.8) is 0 Å². The van der Waals surface area contributed by atoms with Crippen LogP contribution in [0.2, 0.25) is 0 Å².